The smallest absolute Gasteiger partial charge is 0.315 e. The summed E-state index contributed by atoms with van der Waals surface area (Å²) < 4.78 is 15.1. The predicted molar refractivity (Wildman–Crippen MR) is 105 cm³/mol. The van der Waals surface area contributed by atoms with E-state index in [1.807, 2.05) is 17.5 Å². The fraction of sp³-hybridized carbons (Fsp3) is 0.400. The zero-order valence-corrected chi connectivity index (χ0v) is 16.1. The van der Waals surface area contributed by atoms with Crippen LogP contribution in [0.5, 0.6) is 0 Å². The summed E-state index contributed by atoms with van der Waals surface area (Å²) in [6, 6.07) is 6.55. The number of urea groups is 1. The Morgan fingerprint density at radius 1 is 1.26 bits per heavy atom. The number of rotatable bonds is 4. The third-order valence-electron chi connectivity index (χ3n) is 5.14. The van der Waals surface area contributed by atoms with Crippen molar-refractivity contribution in [2.24, 2.45) is 0 Å². The fourth-order valence-electron chi connectivity index (χ4n) is 3.56. The molecule has 0 bridgehead atoms. The van der Waals surface area contributed by atoms with Gasteiger partial charge in [0.25, 0.3) is 0 Å². The minimum atomic E-state index is -0.254. The van der Waals surface area contributed by atoms with Gasteiger partial charge >= 0.3 is 6.03 Å². The molecule has 0 aliphatic heterocycles. The number of aryl methyl sites for hydroxylation is 1. The van der Waals surface area contributed by atoms with Crippen LogP contribution >= 0.6 is 11.3 Å². The SMILES string of the molecule is Cc1c(CNC(=O)NC2CCCCC2)sc2nc(-c3ccc(F)cc3)cn12. The van der Waals surface area contributed by atoms with Gasteiger partial charge in [0.05, 0.1) is 12.2 Å². The van der Waals surface area contributed by atoms with E-state index in [1.54, 1.807) is 23.5 Å². The fourth-order valence-corrected chi connectivity index (χ4v) is 4.60. The van der Waals surface area contributed by atoms with E-state index in [0.29, 0.717) is 12.6 Å². The lowest BCUT2D eigenvalue weighted by atomic mass is 9.96. The molecule has 1 aliphatic rings. The second-order valence-electron chi connectivity index (χ2n) is 7.06. The first-order valence-electron chi connectivity index (χ1n) is 9.38. The zero-order chi connectivity index (χ0) is 18.8. The van der Waals surface area contributed by atoms with Crippen molar-refractivity contribution in [2.45, 2.75) is 51.6 Å². The van der Waals surface area contributed by atoms with E-state index < -0.39 is 0 Å². The number of aromatic nitrogens is 2. The molecule has 4 rings (SSSR count). The summed E-state index contributed by atoms with van der Waals surface area (Å²) in [6.07, 6.45) is 7.77. The van der Waals surface area contributed by atoms with Crippen molar-refractivity contribution in [3.8, 4) is 11.3 Å². The highest BCUT2D eigenvalue weighted by Crippen LogP contribution is 2.27. The average Bonchev–Trinajstić information content (AvgIpc) is 3.21. The number of fused-ring (bicyclic) bond motifs is 1. The number of amides is 2. The van der Waals surface area contributed by atoms with E-state index in [1.165, 1.54) is 31.4 Å². The lowest BCUT2D eigenvalue weighted by Gasteiger charge is -2.22. The van der Waals surface area contributed by atoms with E-state index in [0.717, 1.165) is 39.6 Å². The highest BCUT2D eigenvalue weighted by atomic mass is 32.1. The Labute approximate surface area is 161 Å². The third kappa shape index (κ3) is 3.98. The van der Waals surface area contributed by atoms with Gasteiger partial charge in [-0.25, -0.2) is 14.2 Å². The van der Waals surface area contributed by atoms with Crippen LogP contribution in [0, 0.1) is 12.7 Å². The molecule has 0 spiro atoms. The monoisotopic (exact) mass is 386 g/mol. The number of hydrogen-bond donors (Lipinski definition) is 2. The molecule has 1 aliphatic carbocycles. The number of carbonyl (C=O) groups excluding carboxylic acids is 1. The maximum absolute atomic E-state index is 13.1. The summed E-state index contributed by atoms with van der Waals surface area (Å²) in [5, 5.41) is 6.04. The summed E-state index contributed by atoms with van der Waals surface area (Å²) in [5.41, 5.74) is 2.77. The minimum absolute atomic E-state index is 0.0978. The van der Waals surface area contributed by atoms with Crippen molar-refractivity contribution >= 4 is 22.3 Å². The molecule has 1 fully saturated rings. The Bertz CT molecular complexity index is 941. The van der Waals surface area contributed by atoms with Gasteiger partial charge < -0.3 is 10.6 Å². The molecular weight excluding hydrogens is 363 g/mol. The first-order valence-corrected chi connectivity index (χ1v) is 10.2. The highest BCUT2D eigenvalue weighted by molar-refractivity contribution is 7.17. The molecule has 2 amide bonds. The largest absolute Gasteiger partial charge is 0.335 e. The number of thiazole rings is 1. The number of halogens is 1. The minimum Gasteiger partial charge on any atom is -0.335 e. The molecule has 0 radical (unpaired) electrons. The Balaban J connectivity index is 1.42. The molecule has 3 aromatic rings. The van der Waals surface area contributed by atoms with E-state index in [4.69, 9.17) is 0 Å². The molecular formula is C20H23FN4OS. The molecule has 7 heteroatoms. The number of nitrogens with zero attached hydrogens (tertiary/aromatic N) is 2. The van der Waals surface area contributed by atoms with Crippen molar-refractivity contribution in [2.75, 3.05) is 0 Å². The summed E-state index contributed by atoms with van der Waals surface area (Å²) >= 11 is 1.57. The quantitative estimate of drug-likeness (QED) is 0.686. The second kappa shape index (κ2) is 7.68. The first-order chi connectivity index (χ1) is 13.1. The molecule has 0 unspecified atom stereocenters. The van der Waals surface area contributed by atoms with Crippen LogP contribution in [0.3, 0.4) is 0 Å². The maximum Gasteiger partial charge on any atom is 0.315 e. The van der Waals surface area contributed by atoms with Crippen LogP contribution in [0.25, 0.3) is 16.2 Å². The predicted octanol–water partition coefficient (Wildman–Crippen LogP) is 4.64. The number of nitrogens with one attached hydrogen (secondary N) is 2. The third-order valence-corrected chi connectivity index (χ3v) is 6.30. The standard InChI is InChI=1S/C20H23FN4OS/c1-13-18(11-22-19(26)23-16-5-3-2-4-6-16)27-20-24-17(12-25(13)20)14-7-9-15(21)10-8-14/h7-10,12,16H,2-6,11H2,1H3,(H2,22,23,26). The Hall–Kier alpha value is -2.41. The van der Waals surface area contributed by atoms with Gasteiger partial charge in [0.15, 0.2) is 4.96 Å². The molecule has 27 heavy (non-hydrogen) atoms. The molecule has 0 saturated heterocycles. The van der Waals surface area contributed by atoms with E-state index >= 15 is 0 Å². The van der Waals surface area contributed by atoms with Crippen molar-refractivity contribution in [3.63, 3.8) is 0 Å². The van der Waals surface area contributed by atoms with Crippen LogP contribution in [0.2, 0.25) is 0 Å². The van der Waals surface area contributed by atoms with Crippen LogP contribution < -0.4 is 10.6 Å². The Morgan fingerprint density at radius 3 is 2.70 bits per heavy atom. The van der Waals surface area contributed by atoms with Crippen LogP contribution in [0.4, 0.5) is 9.18 Å². The summed E-state index contributed by atoms with van der Waals surface area (Å²) in [4.78, 5) is 18.7. The van der Waals surface area contributed by atoms with E-state index in [9.17, 15) is 9.18 Å². The lowest BCUT2D eigenvalue weighted by molar-refractivity contribution is 0.232. The molecule has 5 nitrogen and oxygen atoms in total. The molecule has 2 aromatic heterocycles. The van der Waals surface area contributed by atoms with Gasteiger partial charge in [0.1, 0.15) is 5.82 Å². The highest BCUT2D eigenvalue weighted by Gasteiger charge is 2.17. The van der Waals surface area contributed by atoms with Crippen LogP contribution in [-0.2, 0) is 6.54 Å². The van der Waals surface area contributed by atoms with Gasteiger partial charge in [0.2, 0.25) is 0 Å². The van der Waals surface area contributed by atoms with Gasteiger partial charge in [-0.05, 0) is 44.0 Å². The summed E-state index contributed by atoms with van der Waals surface area (Å²) in [5.74, 6) is -0.254. The van der Waals surface area contributed by atoms with Crippen molar-refractivity contribution < 1.29 is 9.18 Å². The van der Waals surface area contributed by atoms with Gasteiger partial charge in [-0.1, -0.05) is 30.6 Å². The van der Waals surface area contributed by atoms with Crippen molar-refractivity contribution in [1.29, 1.82) is 0 Å². The topological polar surface area (TPSA) is 58.4 Å². The van der Waals surface area contributed by atoms with Crippen LogP contribution in [-0.4, -0.2) is 21.5 Å². The normalized spacial score (nSPS) is 15.2. The van der Waals surface area contributed by atoms with E-state index in [2.05, 4.69) is 15.6 Å². The molecule has 2 heterocycles. The van der Waals surface area contributed by atoms with Crippen LogP contribution in [0.15, 0.2) is 30.5 Å². The maximum atomic E-state index is 13.1. The molecule has 1 saturated carbocycles. The molecule has 0 atom stereocenters. The zero-order valence-electron chi connectivity index (χ0n) is 15.3. The number of benzene rings is 1. The van der Waals surface area contributed by atoms with Crippen molar-refractivity contribution in [1.82, 2.24) is 20.0 Å². The summed E-state index contributed by atoms with van der Waals surface area (Å²) in [7, 11) is 0. The number of imidazole rings is 1. The van der Waals surface area contributed by atoms with Gasteiger partial charge in [0, 0.05) is 28.4 Å². The molecule has 142 valence electrons. The average molecular weight is 386 g/mol. The first kappa shape index (κ1) is 18.0. The summed E-state index contributed by atoms with van der Waals surface area (Å²) in [6.45, 7) is 2.51. The Morgan fingerprint density at radius 2 is 2.00 bits per heavy atom. The number of carbonyl (C=O) groups is 1. The van der Waals surface area contributed by atoms with E-state index in [-0.39, 0.29) is 11.8 Å². The lowest BCUT2D eigenvalue weighted by Crippen LogP contribution is -2.42. The molecule has 1 aromatic carbocycles. The van der Waals surface area contributed by atoms with Gasteiger partial charge in [-0.3, -0.25) is 4.40 Å². The van der Waals surface area contributed by atoms with Gasteiger partial charge in [-0.15, -0.1) is 0 Å². The Kier molecular flexibility index (Phi) is 5.11. The van der Waals surface area contributed by atoms with Gasteiger partial charge in [-0.2, -0.15) is 0 Å². The van der Waals surface area contributed by atoms with Crippen LogP contribution in [0.1, 0.15) is 42.7 Å². The second-order valence-corrected chi connectivity index (χ2v) is 8.12. The molecule has 2 N–H and O–H groups in total. The van der Waals surface area contributed by atoms with Crippen molar-refractivity contribution in [3.05, 3.63) is 46.9 Å². The number of hydrogen-bond acceptors (Lipinski definition) is 3.